The maximum Gasteiger partial charge on any atom is 0.262 e. The second-order valence-electron chi connectivity index (χ2n) is 14.0. The number of carbonyl (C=O) groups is 2. The first kappa shape index (κ1) is 42.5. The number of likely N-dealkylation sites (N-methyl/N-ethyl adjacent to an activating group) is 1. The summed E-state index contributed by atoms with van der Waals surface area (Å²) < 4.78 is 29.7. The van der Waals surface area contributed by atoms with Crippen molar-refractivity contribution in [3.05, 3.63) is 77.0 Å². The fraction of sp³-hybridized carbons (Fsp3) is 0.442. The first-order valence-electron chi connectivity index (χ1n) is 19.5. The Bertz CT molecular complexity index is 1960. The summed E-state index contributed by atoms with van der Waals surface area (Å²) in [6.07, 6.45) is 3.17. The molecule has 0 saturated carbocycles. The largest absolute Gasteiger partial charge is 0.493 e. The van der Waals surface area contributed by atoms with Gasteiger partial charge >= 0.3 is 0 Å². The molecule has 0 spiro atoms. The van der Waals surface area contributed by atoms with Gasteiger partial charge in [-0.1, -0.05) is 24.3 Å². The topological polar surface area (TPSA) is 140 Å². The van der Waals surface area contributed by atoms with Crippen molar-refractivity contribution < 1.29 is 33.3 Å². The number of rotatable bonds is 19. The fourth-order valence-electron chi connectivity index (χ4n) is 6.67. The van der Waals surface area contributed by atoms with Crippen molar-refractivity contribution >= 4 is 29.1 Å². The molecule has 306 valence electrons. The van der Waals surface area contributed by atoms with E-state index in [0.29, 0.717) is 72.7 Å². The molecule has 0 aliphatic carbocycles. The van der Waals surface area contributed by atoms with E-state index in [1.165, 1.54) is 13.3 Å². The van der Waals surface area contributed by atoms with Crippen LogP contribution >= 0.6 is 0 Å². The Morgan fingerprint density at radius 1 is 0.860 bits per heavy atom. The number of para-hydroxylation sites is 1. The minimum Gasteiger partial charge on any atom is -0.493 e. The molecule has 0 atom stereocenters. The zero-order chi connectivity index (χ0) is 40.9. The Labute approximate surface area is 336 Å². The Kier molecular flexibility index (Phi) is 15.3. The van der Waals surface area contributed by atoms with Crippen LogP contribution in [0, 0.1) is 13.8 Å². The molecule has 3 aromatic carbocycles. The standard InChI is InChI=1S/C43H57N7O7/c1-9-50(10-2)38(51)18-16-31-15-17-34(35(25-31)53-6)57-42-33(41(52)46-39-29(3)13-11-14-30(39)4)28-44-43(47-42)45-32-26-36(54-7)40(55-8)37(27-32)56-24-12-19-49-22-20-48(5)21-23-49/h11,13-15,17,25-28H,9-10,12,16,18-24H2,1-8H3,(H,46,52)(H,44,45,47). The third kappa shape index (κ3) is 11.3. The summed E-state index contributed by atoms with van der Waals surface area (Å²) in [6.45, 7) is 14.8. The van der Waals surface area contributed by atoms with Crippen LogP contribution < -0.4 is 34.3 Å². The Hall–Kier alpha value is -5.60. The summed E-state index contributed by atoms with van der Waals surface area (Å²) in [5.74, 6) is 1.99. The van der Waals surface area contributed by atoms with Crippen molar-refractivity contribution in [2.75, 3.05) is 91.4 Å². The lowest BCUT2D eigenvalue weighted by Gasteiger charge is -2.32. The van der Waals surface area contributed by atoms with Gasteiger partial charge in [0.05, 0.1) is 27.9 Å². The molecule has 4 aromatic rings. The maximum absolute atomic E-state index is 13.9. The number of anilines is 3. The number of nitrogens with one attached hydrogen (secondary N) is 2. The van der Waals surface area contributed by atoms with E-state index >= 15 is 0 Å². The number of hydrogen-bond acceptors (Lipinski definition) is 12. The van der Waals surface area contributed by atoms with Crippen molar-refractivity contribution in [2.24, 2.45) is 0 Å². The molecule has 2 heterocycles. The lowest BCUT2D eigenvalue weighted by Crippen LogP contribution is -2.44. The summed E-state index contributed by atoms with van der Waals surface area (Å²) >= 11 is 0. The first-order valence-corrected chi connectivity index (χ1v) is 19.5. The summed E-state index contributed by atoms with van der Waals surface area (Å²) in [5, 5.41) is 6.25. The van der Waals surface area contributed by atoms with Crippen LogP contribution in [0.25, 0.3) is 0 Å². The first-order chi connectivity index (χ1) is 27.6. The monoisotopic (exact) mass is 783 g/mol. The number of methoxy groups -OCH3 is 3. The number of aromatic nitrogens is 2. The number of amides is 2. The number of piperazine rings is 1. The number of hydrogen-bond donors (Lipinski definition) is 2. The number of aryl methyl sites for hydroxylation is 3. The second kappa shape index (κ2) is 20.5. The lowest BCUT2D eigenvalue weighted by atomic mass is 10.1. The number of carbonyl (C=O) groups excluding carboxylic acids is 2. The van der Waals surface area contributed by atoms with E-state index < -0.39 is 5.91 Å². The second-order valence-corrected chi connectivity index (χ2v) is 14.0. The van der Waals surface area contributed by atoms with E-state index in [-0.39, 0.29) is 23.3 Å². The van der Waals surface area contributed by atoms with Crippen molar-refractivity contribution in [1.29, 1.82) is 0 Å². The van der Waals surface area contributed by atoms with Crippen LogP contribution in [0.15, 0.2) is 54.7 Å². The molecule has 2 amide bonds. The Balaban J connectivity index is 1.41. The van der Waals surface area contributed by atoms with E-state index in [1.54, 1.807) is 32.4 Å². The SMILES string of the molecule is CCN(CC)C(=O)CCc1ccc(Oc2nc(Nc3cc(OC)c(OC)c(OCCCN4CCN(C)CC4)c3)ncc2C(=O)Nc2c(C)cccc2C)c(OC)c1. The lowest BCUT2D eigenvalue weighted by molar-refractivity contribution is -0.130. The van der Waals surface area contributed by atoms with Gasteiger partial charge in [0.25, 0.3) is 5.91 Å². The predicted octanol–water partition coefficient (Wildman–Crippen LogP) is 6.72. The molecule has 1 saturated heterocycles. The number of nitrogens with zero attached hydrogens (tertiary/aromatic N) is 5. The highest BCUT2D eigenvalue weighted by molar-refractivity contribution is 6.06. The fourth-order valence-corrected chi connectivity index (χ4v) is 6.67. The molecule has 0 radical (unpaired) electrons. The van der Waals surface area contributed by atoms with Crippen molar-refractivity contribution in [3.63, 3.8) is 0 Å². The van der Waals surface area contributed by atoms with Gasteiger partial charge in [0.15, 0.2) is 23.0 Å². The van der Waals surface area contributed by atoms with Gasteiger partial charge in [0.1, 0.15) is 5.56 Å². The van der Waals surface area contributed by atoms with Crippen LogP contribution in [0.5, 0.6) is 34.6 Å². The zero-order valence-corrected chi connectivity index (χ0v) is 34.6. The predicted molar refractivity (Wildman–Crippen MR) is 222 cm³/mol. The number of benzene rings is 3. The van der Waals surface area contributed by atoms with Crippen LogP contribution in [-0.4, -0.2) is 117 Å². The maximum atomic E-state index is 13.9. The highest BCUT2D eigenvalue weighted by Crippen LogP contribution is 2.41. The van der Waals surface area contributed by atoms with Gasteiger partial charge in [-0.15, -0.1) is 0 Å². The Morgan fingerprint density at radius 2 is 1.56 bits per heavy atom. The van der Waals surface area contributed by atoms with E-state index in [9.17, 15) is 9.59 Å². The van der Waals surface area contributed by atoms with Crippen LogP contribution in [0.2, 0.25) is 0 Å². The van der Waals surface area contributed by atoms with Gasteiger partial charge in [0, 0.05) is 81.9 Å². The van der Waals surface area contributed by atoms with E-state index in [0.717, 1.165) is 55.8 Å². The minimum absolute atomic E-state index is 0.000134. The smallest absolute Gasteiger partial charge is 0.262 e. The molecule has 2 N–H and O–H groups in total. The van der Waals surface area contributed by atoms with Gasteiger partial charge in [-0.05, 0) is 76.4 Å². The molecule has 1 aliphatic rings. The zero-order valence-electron chi connectivity index (χ0n) is 34.6. The molecule has 57 heavy (non-hydrogen) atoms. The highest BCUT2D eigenvalue weighted by atomic mass is 16.5. The van der Waals surface area contributed by atoms with Crippen molar-refractivity contribution in [2.45, 2.75) is 47.0 Å². The molecular weight excluding hydrogens is 727 g/mol. The van der Waals surface area contributed by atoms with Gasteiger partial charge < -0.3 is 49.0 Å². The molecule has 0 unspecified atom stereocenters. The molecule has 1 fully saturated rings. The summed E-state index contributed by atoms with van der Waals surface area (Å²) in [4.78, 5) is 42.4. The quantitative estimate of drug-likeness (QED) is 0.0976. The van der Waals surface area contributed by atoms with Crippen molar-refractivity contribution in [3.8, 4) is 34.6 Å². The highest BCUT2D eigenvalue weighted by Gasteiger charge is 2.22. The number of ether oxygens (including phenoxy) is 5. The molecular formula is C43H57N7O7. The molecule has 14 nitrogen and oxygen atoms in total. The van der Waals surface area contributed by atoms with Gasteiger partial charge in [-0.3, -0.25) is 9.59 Å². The summed E-state index contributed by atoms with van der Waals surface area (Å²) in [5.41, 5.74) is 4.10. The minimum atomic E-state index is -0.446. The molecule has 0 bridgehead atoms. The van der Waals surface area contributed by atoms with E-state index in [1.807, 2.05) is 62.9 Å². The average molecular weight is 784 g/mol. The van der Waals surface area contributed by atoms with Gasteiger partial charge in [0.2, 0.25) is 23.5 Å². The van der Waals surface area contributed by atoms with Gasteiger partial charge in [-0.25, -0.2) is 4.98 Å². The van der Waals surface area contributed by atoms with Crippen LogP contribution in [0.4, 0.5) is 17.3 Å². The molecule has 1 aromatic heterocycles. The Morgan fingerprint density at radius 3 is 2.23 bits per heavy atom. The van der Waals surface area contributed by atoms with E-state index in [4.69, 9.17) is 28.7 Å². The third-order valence-electron chi connectivity index (χ3n) is 10.1. The molecule has 14 heteroatoms. The third-order valence-corrected chi connectivity index (χ3v) is 10.1. The molecule has 5 rings (SSSR count). The van der Waals surface area contributed by atoms with E-state index in [2.05, 4.69) is 32.5 Å². The molecule has 1 aliphatic heterocycles. The average Bonchev–Trinajstić information content (AvgIpc) is 3.21. The summed E-state index contributed by atoms with van der Waals surface area (Å²) in [7, 11) is 6.82. The van der Waals surface area contributed by atoms with Gasteiger partial charge in [-0.2, -0.15) is 4.98 Å². The van der Waals surface area contributed by atoms with Crippen LogP contribution in [0.1, 0.15) is 53.7 Å². The van der Waals surface area contributed by atoms with Crippen LogP contribution in [-0.2, 0) is 11.2 Å². The normalized spacial score (nSPS) is 13.1. The van der Waals surface area contributed by atoms with Crippen LogP contribution in [0.3, 0.4) is 0 Å². The summed E-state index contributed by atoms with van der Waals surface area (Å²) in [6, 6.07) is 14.8. The van der Waals surface area contributed by atoms with Crippen molar-refractivity contribution in [1.82, 2.24) is 24.7 Å².